The molecule has 1 atom stereocenters. The lowest BCUT2D eigenvalue weighted by Crippen LogP contribution is -2.41. The fraction of sp³-hybridized carbons (Fsp3) is 0.500. The molecule has 0 bridgehead atoms. The molecule has 5 nitrogen and oxygen atoms in total. The van der Waals surface area contributed by atoms with E-state index in [1.54, 1.807) is 6.20 Å². The maximum Gasteiger partial charge on any atom is 0.156 e. The van der Waals surface area contributed by atoms with E-state index < -0.39 is 0 Å². The Morgan fingerprint density at radius 2 is 2.47 bits per heavy atom. The van der Waals surface area contributed by atoms with Crippen molar-refractivity contribution in [2.45, 2.75) is 25.3 Å². The van der Waals surface area contributed by atoms with Crippen LogP contribution in [0.1, 0.15) is 18.5 Å². The summed E-state index contributed by atoms with van der Waals surface area (Å²) >= 11 is 0. The van der Waals surface area contributed by atoms with Gasteiger partial charge in [-0.05, 0) is 31.5 Å². The fourth-order valence-electron chi connectivity index (χ4n) is 2.30. The highest BCUT2D eigenvalue weighted by Crippen LogP contribution is 2.17. The van der Waals surface area contributed by atoms with E-state index >= 15 is 0 Å². The number of nitrogens with two attached hydrogens (primary N) is 1. The Bertz CT molecular complexity index is 379. The normalized spacial score (nSPS) is 21.9. The maximum absolute atomic E-state index is 8.72. The third-order valence-corrected chi connectivity index (χ3v) is 3.20. The highest BCUT2D eigenvalue weighted by molar-refractivity contribution is 5.85. The Morgan fingerprint density at radius 3 is 3.18 bits per heavy atom. The van der Waals surface area contributed by atoms with Crippen LogP contribution in [0.3, 0.4) is 0 Å². The van der Waals surface area contributed by atoms with Gasteiger partial charge in [0.1, 0.15) is 0 Å². The van der Waals surface area contributed by atoms with E-state index in [4.69, 9.17) is 10.9 Å². The van der Waals surface area contributed by atoms with Crippen LogP contribution in [0.5, 0.6) is 0 Å². The monoisotopic (exact) mass is 234 g/mol. The lowest BCUT2D eigenvalue weighted by Gasteiger charge is -2.22. The van der Waals surface area contributed by atoms with Crippen LogP contribution in [0.25, 0.3) is 0 Å². The predicted octanol–water partition coefficient (Wildman–Crippen LogP) is 0.835. The first kappa shape index (κ1) is 11.9. The predicted molar refractivity (Wildman–Crippen MR) is 65.9 cm³/mol. The summed E-state index contributed by atoms with van der Waals surface area (Å²) in [6.07, 6.45) is 4.78. The summed E-state index contributed by atoms with van der Waals surface area (Å²) in [6.45, 7) is 1.91. The van der Waals surface area contributed by atoms with Crippen molar-refractivity contribution in [3.8, 4) is 0 Å². The molecule has 0 aromatic carbocycles. The van der Waals surface area contributed by atoms with Crippen molar-refractivity contribution < 1.29 is 5.21 Å². The molecule has 1 aliphatic heterocycles. The SMILES string of the molecule is NC(=NO)C1CCCN1CCc1ccccn1. The minimum Gasteiger partial charge on any atom is -0.409 e. The molecule has 0 amide bonds. The van der Waals surface area contributed by atoms with E-state index in [1.165, 1.54) is 0 Å². The molecule has 3 N–H and O–H groups in total. The number of hydrogen-bond acceptors (Lipinski definition) is 4. The van der Waals surface area contributed by atoms with Gasteiger partial charge in [0.05, 0.1) is 6.04 Å². The Hall–Kier alpha value is -1.62. The number of hydrogen-bond donors (Lipinski definition) is 2. The van der Waals surface area contributed by atoms with Crippen LogP contribution in [-0.4, -0.2) is 40.1 Å². The van der Waals surface area contributed by atoms with Gasteiger partial charge in [0.2, 0.25) is 0 Å². The molecule has 1 fully saturated rings. The number of likely N-dealkylation sites (tertiary alicyclic amines) is 1. The number of aromatic nitrogens is 1. The molecular formula is C12H18N4O. The molecule has 2 rings (SSSR count). The van der Waals surface area contributed by atoms with Gasteiger partial charge in [-0.3, -0.25) is 9.88 Å². The van der Waals surface area contributed by atoms with E-state index in [0.717, 1.165) is 38.0 Å². The first-order chi connectivity index (χ1) is 8.31. The Morgan fingerprint density at radius 1 is 1.59 bits per heavy atom. The molecule has 92 valence electrons. The van der Waals surface area contributed by atoms with Gasteiger partial charge in [-0.25, -0.2) is 0 Å². The summed E-state index contributed by atoms with van der Waals surface area (Å²) in [6, 6.07) is 6.02. The Kier molecular flexibility index (Phi) is 3.93. The number of amidine groups is 1. The third kappa shape index (κ3) is 2.94. The molecule has 1 saturated heterocycles. The molecule has 0 saturated carbocycles. The molecular weight excluding hydrogens is 216 g/mol. The summed E-state index contributed by atoms with van der Waals surface area (Å²) in [5.74, 6) is 0.323. The second-order valence-corrected chi connectivity index (χ2v) is 4.29. The van der Waals surface area contributed by atoms with Crippen molar-refractivity contribution in [1.29, 1.82) is 0 Å². The molecule has 0 spiro atoms. The van der Waals surface area contributed by atoms with Crippen LogP contribution in [0.15, 0.2) is 29.6 Å². The van der Waals surface area contributed by atoms with E-state index in [0.29, 0.717) is 5.84 Å². The number of pyridine rings is 1. The van der Waals surface area contributed by atoms with Gasteiger partial charge in [-0.15, -0.1) is 0 Å². The van der Waals surface area contributed by atoms with Crippen molar-refractivity contribution in [1.82, 2.24) is 9.88 Å². The molecule has 5 heteroatoms. The average molecular weight is 234 g/mol. The highest BCUT2D eigenvalue weighted by Gasteiger charge is 2.27. The van der Waals surface area contributed by atoms with Gasteiger partial charge in [0.25, 0.3) is 0 Å². The van der Waals surface area contributed by atoms with E-state index in [-0.39, 0.29) is 6.04 Å². The summed E-state index contributed by atoms with van der Waals surface area (Å²) in [5, 5.41) is 11.8. The van der Waals surface area contributed by atoms with Crippen molar-refractivity contribution >= 4 is 5.84 Å². The van der Waals surface area contributed by atoms with Gasteiger partial charge in [-0.1, -0.05) is 11.2 Å². The quantitative estimate of drug-likeness (QED) is 0.350. The van der Waals surface area contributed by atoms with Crippen LogP contribution < -0.4 is 5.73 Å². The first-order valence-electron chi connectivity index (χ1n) is 5.92. The van der Waals surface area contributed by atoms with Gasteiger partial charge in [0, 0.05) is 24.9 Å². The molecule has 2 heterocycles. The summed E-state index contributed by atoms with van der Waals surface area (Å²) in [7, 11) is 0. The summed E-state index contributed by atoms with van der Waals surface area (Å²) < 4.78 is 0. The van der Waals surface area contributed by atoms with E-state index in [9.17, 15) is 0 Å². The zero-order valence-electron chi connectivity index (χ0n) is 9.79. The average Bonchev–Trinajstić information content (AvgIpc) is 2.85. The van der Waals surface area contributed by atoms with Crippen molar-refractivity contribution in [2.75, 3.05) is 13.1 Å². The van der Waals surface area contributed by atoms with Gasteiger partial charge < -0.3 is 10.9 Å². The number of rotatable bonds is 4. The Balaban J connectivity index is 1.90. The van der Waals surface area contributed by atoms with Gasteiger partial charge in [-0.2, -0.15) is 0 Å². The molecule has 17 heavy (non-hydrogen) atoms. The van der Waals surface area contributed by atoms with Crippen molar-refractivity contribution in [3.63, 3.8) is 0 Å². The van der Waals surface area contributed by atoms with Gasteiger partial charge >= 0.3 is 0 Å². The standard InChI is InChI=1S/C12H18N4O/c13-12(15-17)11-5-3-8-16(11)9-6-10-4-1-2-7-14-10/h1-2,4,7,11,17H,3,5-6,8-9H2,(H2,13,15). The second-order valence-electron chi connectivity index (χ2n) is 4.29. The maximum atomic E-state index is 8.72. The molecule has 1 aromatic rings. The van der Waals surface area contributed by atoms with Crippen LogP contribution in [0.2, 0.25) is 0 Å². The van der Waals surface area contributed by atoms with E-state index in [1.807, 2.05) is 18.2 Å². The summed E-state index contributed by atoms with van der Waals surface area (Å²) in [5.41, 5.74) is 6.76. The van der Waals surface area contributed by atoms with Crippen LogP contribution in [-0.2, 0) is 6.42 Å². The lowest BCUT2D eigenvalue weighted by molar-refractivity contribution is 0.282. The fourth-order valence-corrected chi connectivity index (χ4v) is 2.30. The van der Waals surface area contributed by atoms with Gasteiger partial charge in [0.15, 0.2) is 5.84 Å². The third-order valence-electron chi connectivity index (χ3n) is 3.20. The summed E-state index contributed by atoms with van der Waals surface area (Å²) in [4.78, 5) is 6.55. The Labute approximate surface area is 101 Å². The minimum absolute atomic E-state index is 0.0868. The van der Waals surface area contributed by atoms with Crippen LogP contribution in [0.4, 0.5) is 0 Å². The molecule has 1 aromatic heterocycles. The molecule has 1 unspecified atom stereocenters. The second kappa shape index (κ2) is 5.63. The first-order valence-corrected chi connectivity index (χ1v) is 5.92. The van der Waals surface area contributed by atoms with Crippen LogP contribution in [0, 0.1) is 0 Å². The van der Waals surface area contributed by atoms with Crippen LogP contribution >= 0.6 is 0 Å². The highest BCUT2D eigenvalue weighted by atomic mass is 16.4. The van der Waals surface area contributed by atoms with Crippen molar-refractivity contribution in [2.24, 2.45) is 10.9 Å². The number of nitrogens with zero attached hydrogens (tertiary/aromatic N) is 3. The topological polar surface area (TPSA) is 74.7 Å². The minimum atomic E-state index is 0.0868. The largest absolute Gasteiger partial charge is 0.409 e. The van der Waals surface area contributed by atoms with Crippen molar-refractivity contribution in [3.05, 3.63) is 30.1 Å². The molecule has 1 aliphatic rings. The zero-order chi connectivity index (χ0) is 12.1. The lowest BCUT2D eigenvalue weighted by atomic mass is 10.2. The zero-order valence-corrected chi connectivity index (χ0v) is 9.79. The van der Waals surface area contributed by atoms with E-state index in [2.05, 4.69) is 15.0 Å². The number of oxime groups is 1. The smallest absolute Gasteiger partial charge is 0.156 e. The molecule has 0 radical (unpaired) electrons. The molecule has 0 aliphatic carbocycles.